The van der Waals surface area contributed by atoms with E-state index in [9.17, 15) is 13.2 Å². The summed E-state index contributed by atoms with van der Waals surface area (Å²) in [7, 11) is -0.438. The third-order valence-electron chi connectivity index (χ3n) is 5.01. The molecule has 1 saturated heterocycles. The number of carbonyl (C=O) groups is 1. The van der Waals surface area contributed by atoms with E-state index in [0.717, 1.165) is 25.2 Å². The molecule has 0 aromatic heterocycles. The van der Waals surface area contributed by atoms with Crippen LogP contribution in [0.3, 0.4) is 0 Å². The Morgan fingerprint density at radius 3 is 2.17 bits per heavy atom. The smallest absolute Gasteiger partial charge is 0.246 e. The summed E-state index contributed by atoms with van der Waals surface area (Å²) in [6.45, 7) is 4.02. The van der Waals surface area contributed by atoms with Gasteiger partial charge in [0.25, 0.3) is 0 Å². The van der Waals surface area contributed by atoms with E-state index in [-0.39, 0.29) is 10.8 Å². The van der Waals surface area contributed by atoms with E-state index < -0.39 is 10.0 Å². The molecule has 1 aliphatic rings. The van der Waals surface area contributed by atoms with Crippen LogP contribution >= 0.6 is 0 Å². The van der Waals surface area contributed by atoms with Crippen molar-refractivity contribution in [3.63, 3.8) is 0 Å². The van der Waals surface area contributed by atoms with Crippen LogP contribution in [-0.2, 0) is 21.4 Å². The normalized spacial score (nSPS) is 15.9. The summed E-state index contributed by atoms with van der Waals surface area (Å²) in [5, 5.41) is 0. The van der Waals surface area contributed by atoms with E-state index in [1.54, 1.807) is 36.4 Å². The van der Waals surface area contributed by atoms with Crippen molar-refractivity contribution in [3.8, 4) is 0 Å². The molecule has 0 bridgehead atoms. The molecule has 0 unspecified atom stereocenters. The fraction of sp³-hybridized carbons (Fsp3) is 0.318. The van der Waals surface area contributed by atoms with Gasteiger partial charge in [0.05, 0.1) is 4.90 Å². The number of sulfonamides is 1. The number of piperazine rings is 1. The molecule has 1 heterocycles. The fourth-order valence-corrected chi connectivity index (χ4v) is 4.10. The van der Waals surface area contributed by atoms with Crippen molar-refractivity contribution in [2.24, 2.45) is 0 Å². The third-order valence-corrected chi connectivity index (χ3v) is 6.84. The topological polar surface area (TPSA) is 60.9 Å². The first-order valence-corrected chi connectivity index (χ1v) is 11.1. The van der Waals surface area contributed by atoms with Crippen LogP contribution in [0.2, 0.25) is 0 Å². The van der Waals surface area contributed by atoms with Gasteiger partial charge in [-0.1, -0.05) is 42.5 Å². The maximum absolute atomic E-state index is 12.5. The highest BCUT2D eigenvalue weighted by Gasteiger charge is 2.20. The zero-order valence-electron chi connectivity index (χ0n) is 16.9. The van der Waals surface area contributed by atoms with Crippen LogP contribution in [0.15, 0.2) is 65.6 Å². The van der Waals surface area contributed by atoms with Gasteiger partial charge in [0.1, 0.15) is 0 Å². The van der Waals surface area contributed by atoms with E-state index in [1.807, 2.05) is 23.1 Å². The van der Waals surface area contributed by atoms with Crippen molar-refractivity contribution in [2.75, 3.05) is 40.3 Å². The Balaban J connectivity index is 1.52. The Morgan fingerprint density at radius 1 is 0.966 bits per heavy atom. The minimum atomic E-state index is -3.44. The quantitative estimate of drug-likeness (QED) is 0.682. The van der Waals surface area contributed by atoms with Gasteiger partial charge < -0.3 is 4.90 Å². The maximum Gasteiger partial charge on any atom is 0.246 e. The molecule has 0 aliphatic carbocycles. The zero-order valence-corrected chi connectivity index (χ0v) is 17.7. The van der Waals surface area contributed by atoms with Gasteiger partial charge in [0, 0.05) is 52.9 Å². The molecule has 0 radical (unpaired) electrons. The monoisotopic (exact) mass is 413 g/mol. The van der Waals surface area contributed by atoms with E-state index in [0.29, 0.717) is 13.1 Å². The molecular weight excluding hydrogens is 386 g/mol. The molecule has 154 valence electrons. The standard InChI is InChI=1S/C22H27N3O3S/c1-23(2)29(27,28)21-11-8-19(9-12-21)10-13-22(26)25-16-14-24(15-17-25)18-20-6-4-3-5-7-20/h3-13H,14-18H2,1-2H3/b13-10+. The van der Waals surface area contributed by atoms with Crippen molar-refractivity contribution >= 4 is 22.0 Å². The van der Waals surface area contributed by atoms with Gasteiger partial charge in [-0.05, 0) is 29.3 Å². The van der Waals surface area contributed by atoms with Crippen molar-refractivity contribution in [1.82, 2.24) is 14.1 Å². The zero-order chi connectivity index (χ0) is 20.9. The lowest BCUT2D eigenvalue weighted by Gasteiger charge is -2.34. The van der Waals surface area contributed by atoms with E-state index in [2.05, 4.69) is 17.0 Å². The molecule has 0 spiro atoms. The number of carbonyl (C=O) groups excluding carboxylic acids is 1. The number of nitrogens with zero attached hydrogens (tertiary/aromatic N) is 3. The average molecular weight is 414 g/mol. The lowest BCUT2D eigenvalue weighted by Crippen LogP contribution is -2.47. The van der Waals surface area contributed by atoms with Crippen molar-refractivity contribution < 1.29 is 13.2 Å². The summed E-state index contributed by atoms with van der Waals surface area (Å²) < 4.78 is 25.4. The van der Waals surface area contributed by atoms with Crippen LogP contribution in [-0.4, -0.2) is 68.7 Å². The summed E-state index contributed by atoms with van der Waals surface area (Å²) in [5.41, 5.74) is 2.07. The third kappa shape index (κ3) is 5.53. The van der Waals surface area contributed by atoms with Crippen molar-refractivity contribution in [3.05, 3.63) is 71.8 Å². The SMILES string of the molecule is CN(C)S(=O)(=O)c1ccc(/C=C/C(=O)N2CCN(Cc3ccccc3)CC2)cc1. The van der Waals surface area contributed by atoms with E-state index in [1.165, 1.54) is 24.0 Å². The highest BCUT2D eigenvalue weighted by atomic mass is 32.2. The molecule has 0 atom stereocenters. The van der Waals surface area contributed by atoms with Gasteiger partial charge in [0.15, 0.2) is 0 Å². The molecule has 0 N–H and O–H groups in total. The van der Waals surface area contributed by atoms with Crippen LogP contribution < -0.4 is 0 Å². The fourth-order valence-electron chi connectivity index (χ4n) is 3.20. The van der Waals surface area contributed by atoms with Crippen LogP contribution in [0.25, 0.3) is 6.08 Å². The molecule has 1 aliphatic heterocycles. The lowest BCUT2D eigenvalue weighted by atomic mass is 10.2. The molecular formula is C22H27N3O3S. The van der Waals surface area contributed by atoms with Crippen molar-refractivity contribution in [1.29, 1.82) is 0 Å². The first-order valence-electron chi connectivity index (χ1n) is 9.62. The Kier molecular flexibility index (Phi) is 6.84. The van der Waals surface area contributed by atoms with Gasteiger partial charge in [-0.2, -0.15) is 0 Å². The Labute approximate surface area is 173 Å². The van der Waals surface area contributed by atoms with Gasteiger partial charge in [0.2, 0.25) is 15.9 Å². The second-order valence-electron chi connectivity index (χ2n) is 7.28. The summed E-state index contributed by atoms with van der Waals surface area (Å²) >= 11 is 0. The number of rotatable bonds is 6. The van der Waals surface area contributed by atoms with Crippen LogP contribution in [0.1, 0.15) is 11.1 Å². The van der Waals surface area contributed by atoms with Crippen LogP contribution in [0.5, 0.6) is 0 Å². The molecule has 0 saturated carbocycles. The maximum atomic E-state index is 12.5. The first-order chi connectivity index (χ1) is 13.9. The van der Waals surface area contributed by atoms with E-state index in [4.69, 9.17) is 0 Å². The largest absolute Gasteiger partial charge is 0.337 e. The molecule has 7 heteroatoms. The Bertz CT molecular complexity index is 947. The van der Waals surface area contributed by atoms with E-state index >= 15 is 0 Å². The molecule has 2 aromatic rings. The van der Waals surface area contributed by atoms with Crippen molar-refractivity contribution in [2.45, 2.75) is 11.4 Å². The highest BCUT2D eigenvalue weighted by molar-refractivity contribution is 7.89. The second kappa shape index (κ2) is 9.35. The molecule has 29 heavy (non-hydrogen) atoms. The predicted molar refractivity (Wildman–Crippen MR) is 115 cm³/mol. The molecule has 2 aromatic carbocycles. The van der Waals surface area contributed by atoms with Gasteiger partial charge in [-0.25, -0.2) is 12.7 Å². The first kappa shape index (κ1) is 21.2. The lowest BCUT2D eigenvalue weighted by molar-refractivity contribution is -0.127. The summed E-state index contributed by atoms with van der Waals surface area (Å²) in [4.78, 5) is 16.9. The number of hydrogen-bond donors (Lipinski definition) is 0. The number of hydrogen-bond acceptors (Lipinski definition) is 4. The summed E-state index contributed by atoms with van der Waals surface area (Å²) in [6, 6.07) is 16.9. The van der Waals surface area contributed by atoms with Crippen LogP contribution in [0, 0.1) is 0 Å². The van der Waals surface area contributed by atoms with Gasteiger partial charge >= 0.3 is 0 Å². The average Bonchev–Trinajstić information content (AvgIpc) is 2.73. The van der Waals surface area contributed by atoms with Gasteiger partial charge in [-0.15, -0.1) is 0 Å². The second-order valence-corrected chi connectivity index (χ2v) is 9.43. The molecule has 1 fully saturated rings. The Morgan fingerprint density at radius 2 is 1.59 bits per heavy atom. The number of amides is 1. The molecule has 3 rings (SSSR count). The van der Waals surface area contributed by atoms with Gasteiger partial charge in [-0.3, -0.25) is 9.69 Å². The minimum absolute atomic E-state index is 0.0191. The highest BCUT2D eigenvalue weighted by Crippen LogP contribution is 2.15. The molecule has 6 nitrogen and oxygen atoms in total. The molecule has 1 amide bonds. The summed E-state index contributed by atoms with van der Waals surface area (Å²) in [6.07, 6.45) is 3.28. The van der Waals surface area contributed by atoms with Crippen LogP contribution in [0.4, 0.5) is 0 Å². The Hall–Kier alpha value is -2.48. The number of benzene rings is 2. The predicted octanol–water partition coefficient (Wildman–Crippen LogP) is 2.29. The minimum Gasteiger partial charge on any atom is -0.337 e. The summed E-state index contributed by atoms with van der Waals surface area (Å²) in [5.74, 6) is -0.0191.